The first-order valence-electron chi connectivity index (χ1n) is 3.95. The van der Waals surface area contributed by atoms with E-state index in [-0.39, 0.29) is 6.61 Å². The van der Waals surface area contributed by atoms with E-state index < -0.39 is 0 Å². The highest BCUT2D eigenvalue weighted by Gasteiger charge is 1.99. The topological polar surface area (TPSA) is 33.1 Å². The maximum Gasteiger partial charge on any atom is 0.0713 e. The van der Waals surface area contributed by atoms with Gasteiger partial charge in [-0.05, 0) is 23.8 Å². The first-order chi connectivity index (χ1) is 6.31. The molecule has 0 radical (unpaired) electrons. The van der Waals surface area contributed by atoms with Crippen LogP contribution in [0.4, 0.5) is 0 Å². The van der Waals surface area contributed by atoms with E-state index in [9.17, 15) is 0 Å². The lowest BCUT2D eigenvalue weighted by atomic mass is 10.1. The molecule has 0 aliphatic carbocycles. The van der Waals surface area contributed by atoms with Crippen LogP contribution in [0.25, 0.3) is 10.9 Å². The Balaban J connectivity index is 2.74. The zero-order chi connectivity index (χ0) is 9.26. The Bertz CT molecular complexity index is 442. The number of benzene rings is 1. The Hall–Kier alpha value is -0.930. The predicted molar refractivity (Wildman–Crippen MR) is 55.4 cm³/mol. The zero-order valence-electron chi connectivity index (χ0n) is 6.87. The summed E-state index contributed by atoms with van der Waals surface area (Å²) >= 11 is 3.44. The van der Waals surface area contributed by atoms with Crippen LogP contribution in [0.5, 0.6) is 0 Å². The van der Waals surface area contributed by atoms with Crippen molar-refractivity contribution >= 4 is 26.8 Å². The zero-order valence-corrected chi connectivity index (χ0v) is 8.45. The third-order valence-corrected chi connectivity index (χ3v) is 2.63. The van der Waals surface area contributed by atoms with Crippen molar-refractivity contribution < 1.29 is 5.11 Å². The van der Waals surface area contributed by atoms with E-state index in [0.717, 1.165) is 20.9 Å². The summed E-state index contributed by atoms with van der Waals surface area (Å²) in [7, 11) is 0. The first-order valence-corrected chi connectivity index (χ1v) is 4.74. The second-order valence-corrected chi connectivity index (χ2v) is 3.66. The fraction of sp³-hybridized carbons (Fsp3) is 0.100. The van der Waals surface area contributed by atoms with Gasteiger partial charge < -0.3 is 5.11 Å². The van der Waals surface area contributed by atoms with Crippen LogP contribution in [-0.2, 0) is 6.61 Å². The van der Waals surface area contributed by atoms with Gasteiger partial charge in [0.05, 0.1) is 12.1 Å². The summed E-state index contributed by atoms with van der Waals surface area (Å²) in [5.41, 5.74) is 1.84. The Kier molecular flexibility index (Phi) is 2.29. The standard InChI is InChI=1S/C10H8BrNO/c11-9-3-4-12-10-2-1-7(6-13)5-8(9)10/h1-5,13H,6H2. The maximum absolute atomic E-state index is 8.95. The Morgan fingerprint density at radius 2 is 2.15 bits per heavy atom. The van der Waals surface area contributed by atoms with Gasteiger partial charge in [-0.2, -0.15) is 0 Å². The summed E-state index contributed by atoms with van der Waals surface area (Å²) in [6.45, 7) is 0.0667. The summed E-state index contributed by atoms with van der Waals surface area (Å²) in [6, 6.07) is 7.61. The van der Waals surface area contributed by atoms with Crippen molar-refractivity contribution in [3.8, 4) is 0 Å². The number of aliphatic hydroxyl groups is 1. The van der Waals surface area contributed by atoms with Crippen molar-refractivity contribution in [1.82, 2.24) is 4.98 Å². The van der Waals surface area contributed by atoms with Crippen LogP contribution in [0.2, 0.25) is 0 Å². The van der Waals surface area contributed by atoms with Crippen LogP contribution in [0.3, 0.4) is 0 Å². The van der Waals surface area contributed by atoms with E-state index in [0.29, 0.717) is 0 Å². The van der Waals surface area contributed by atoms with Gasteiger partial charge in [-0.15, -0.1) is 0 Å². The van der Waals surface area contributed by atoms with E-state index >= 15 is 0 Å². The minimum atomic E-state index is 0.0667. The number of rotatable bonds is 1. The molecule has 0 aliphatic rings. The number of aromatic nitrogens is 1. The maximum atomic E-state index is 8.95. The summed E-state index contributed by atoms with van der Waals surface area (Å²) < 4.78 is 1.01. The van der Waals surface area contributed by atoms with Crippen molar-refractivity contribution in [2.24, 2.45) is 0 Å². The number of halogens is 1. The highest BCUT2D eigenvalue weighted by Crippen LogP contribution is 2.22. The third-order valence-electron chi connectivity index (χ3n) is 1.94. The van der Waals surface area contributed by atoms with Crippen molar-refractivity contribution in [2.75, 3.05) is 0 Å². The number of hydrogen-bond acceptors (Lipinski definition) is 2. The van der Waals surface area contributed by atoms with E-state index in [4.69, 9.17) is 5.11 Å². The molecular formula is C10H8BrNO. The largest absolute Gasteiger partial charge is 0.392 e. The first kappa shape index (κ1) is 8.66. The highest BCUT2D eigenvalue weighted by atomic mass is 79.9. The lowest BCUT2D eigenvalue weighted by Crippen LogP contribution is -1.85. The molecule has 66 valence electrons. The van der Waals surface area contributed by atoms with Crippen molar-refractivity contribution in [3.63, 3.8) is 0 Å². The van der Waals surface area contributed by atoms with Gasteiger partial charge in [0.25, 0.3) is 0 Å². The van der Waals surface area contributed by atoms with Crippen molar-refractivity contribution in [3.05, 3.63) is 40.5 Å². The molecule has 0 fully saturated rings. The molecule has 1 aromatic heterocycles. The predicted octanol–water partition coefficient (Wildman–Crippen LogP) is 2.49. The van der Waals surface area contributed by atoms with E-state index in [2.05, 4.69) is 20.9 Å². The van der Waals surface area contributed by atoms with Crippen LogP contribution in [0, 0.1) is 0 Å². The minimum Gasteiger partial charge on any atom is -0.392 e. The molecule has 1 heterocycles. The van der Waals surface area contributed by atoms with Crippen molar-refractivity contribution in [2.45, 2.75) is 6.61 Å². The fourth-order valence-electron chi connectivity index (χ4n) is 1.26. The Morgan fingerprint density at radius 1 is 1.31 bits per heavy atom. The second kappa shape index (κ2) is 3.44. The minimum absolute atomic E-state index is 0.0667. The molecule has 2 nitrogen and oxygen atoms in total. The molecule has 13 heavy (non-hydrogen) atoms. The van der Waals surface area contributed by atoms with Crippen LogP contribution >= 0.6 is 15.9 Å². The monoisotopic (exact) mass is 237 g/mol. The van der Waals surface area contributed by atoms with E-state index in [1.165, 1.54) is 0 Å². The molecule has 0 bridgehead atoms. The molecule has 0 atom stereocenters. The lowest BCUT2D eigenvalue weighted by molar-refractivity contribution is 0.282. The number of nitrogens with zero attached hydrogens (tertiary/aromatic N) is 1. The normalized spacial score (nSPS) is 10.6. The van der Waals surface area contributed by atoms with E-state index in [1.807, 2.05) is 24.3 Å². The average Bonchev–Trinajstić information content (AvgIpc) is 2.18. The van der Waals surface area contributed by atoms with Crippen LogP contribution in [0.1, 0.15) is 5.56 Å². The molecule has 0 amide bonds. The second-order valence-electron chi connectivity index (χ2n) is 2.80. The van der Waals surface area contributed by atoms with Gasteiger partial charge in [-0.1, -0.05) is 22.0 Å². The number of pyridine rings is 1. The number of aliphatic hydroxyl groups excluding tert-OH is 1. The average molecular weight is 238 g/mol. The molecule has 2 aromatic rings. The lowest BCUT2D eigenvalue weighted by Gasteiger charge is -2.01. The number of fused-ring (bicyclic) bond motifs is 1. The van der Waals surface area contributed by atoms with Gasteiger partial charge in [-0.3, -0.25) is 4.98 Å². The molecule has 2 rings (SSSR count). The SMILES string of the molecule is OCc1ccc2nccc(Br)c2c1. The summed E-state index contributed by atoms with van der Waals surface area (Å²) in [6.07, 6.45) is 1.75. The highest BCUT2D eigenvalue weighted by molar-refractivity contribution is 9.10. The van der Waals surface area contributed by atoms with Crippen LogP contribution in [0.15, 0.2) is 34.9 Å². The van der Waals surface area contributed by atoms with Gasteiger partial charge in [-0.25, -0.2) is 0 Å². The van der Waals surface area contributed by atoms with Crippen molar-refractivity contribution in [1.29, 1.82) is 0 Å². The van der Waals surface area contributed by atoms with Crippen LogP contribution in [-0.4, -0.2) is 10.1 Å². The van der Waals surface area contributed by atoms with Gasteiger partial charge in [0.2, 0.25) is 0 Å². The molecular weight excluding hydrogens is 230 g/mol. The molecule has 0 spiro atoms. The molecule has 0 unspecified atom stereocenters. The summed E-state index contributed by atoms with van der Waals surface area (Å²) in [4.78, 5) is 4.21. The molecule has 0 saturated carbocycles. The van der Waals surface area contributed by atoms with Gasteiger partial charge in [0, 0.05) is 16.1 Å². The molecule has 1 N–H and O–H groups in total. The molecule has 1 aromatic carbocycles. The molecule has 0 aliphatic heterocycles. The fourth-order valence-corrected chi connectivity index (χ4v) is 1.69. The van der Waals surface area contributed by atoms with Gasteiger partial charge in [0.1, 0.15) is 0 Å². The Morgan fingerprint density at radius 3 is 2.92 bits per heavy atom. The third kappa shape index (κ3) is 1.57. The van der Waals surface area contributed by atoms with Gasteiger partial charge >= 0.3 is 0 Å². The molecule has 0 saturated heterocycles. The number of hydrogen-bond donors (Lipinski definition) is 1. The smallest absolute Gasteiger partial charge is 0.0713 e. The Labute approximate surface area is 84.4 Å². The summed E-state index contributed by atoms with van der Waals surface area (Å²) in [5.74, 6) is 0. The molecule has 3 heteroatoms. The van der Waals surface area contributed by atoms with Gasteiger partial charge in [0.15, 0.2) is 0 Å². The summed E-state index contributed by atoms with van der Waals surface area (Å²) in [5, 5.41) is 9.99. The van der Waals surface area contributed by atoms with E-state index in [1.54, 1.807) is 6.20 Å². The quantitative estimate of drug-likeness (QED) is 0.827. The van der Waals surface area contributed by atoms with Crippen LogP contribution < -0.4 is 0 Å².